The van der Waals surface area contributed by atoms with Crippen LogP contribution in [0, 0.1) is 0 Å². The number of hydrogen-bond donors (Lipinski definition) is 2. The van der Waals surface area contributed by atoms with Crippen LogP contribution in [0.5, 0.6) is 5.75 Å². The molecule has 0 saturated carbocycles. The molecule has 1 aromatic carbocycles. The van der Waals surface area contributed by atoms with Crippen LogP contribution in [0.25, 0.3) is 0 Å². The van der Waals surface area contributed by atoms with E-state index in [0.717, 1.165) is 24.2 Å². The van der Waals surface area contributed by atoms with Crippen molar-refractivity contribution >= 4 is 5.97 Å². The van der Waals surface area contributed by atoms with Crippen LogP contribution in [-0.2, 0) is 16.1 Å². The van der Waals surface area contributed by atoms with E-state index in [1.54, 1.807) is 7.11 Å². The number of benzene rings is 1. The lowest BCUT2D eigenvalue weighted by atomic mass is 9.97. The van der Waals surface area contributed by atoms with E-state index in [1.165, 1.54) is 6.92 Å². The first-order valence-corrected chi connectivity index (χ1v) is 6.68. The smallest absolute Gasteiger partial charge is 0.323 e. The van der Waals surface area contributed by atoms with Gasteiger partial charge in [-0.3, -0.25) is 4.79 Å². The molecule has 0 fully saturated rings. The minimum absolute atomic E-state index is 0.440. The molecular formula is C15H23NO4. The maximum Gasteiger partial charge on any atom is 0.323 e. The summed E-state index contributed by atoms with van der Waals surface area (Å²) >= 11 is 0. The third-order valence-electron chi connectivity index (χ3n) is 3.06. The van der Waals surface area contributed by atoms with Gasteiger partial charge in [0.05, 0.1) is 13.2 Å². The number of methoxy groups -OCH3 is 1. The topological polar surface area (TPSA) is 81.8 Å². The number of nitrogens with two attached hydrogens (primary N) is 1. The molecule has 112 valence electrons. The van der Waals surface area contributed by atoms with E-state index in [2.05, 4.69) is 0 Å². The molecule has 1 aromatic rings. The molecule has 0 aliphatic rings. The summed E-state index contributed by atoms with van der Waals surface area (Å²) in [5.74, 6) is -0.168. The second-order valence-corrected chi connectivity index (χ2v) is 5.11. The van der Waals surface area contributed by atoms with Crippen LogP contribution >= 0.6 is 0 Å². The molecule has 5 heteroatoms. The number of carbonyl (C=O) groups is 1. The van der Waals surface area contributed by atoms with Crippen molar-refractivity contribution in [2.45, 2.75) is 38.3 Å². The maximum absolute atomic E-state index is 10.8. The molecule has 0 aromatic heterocycles. The first-order valence-electron chi connectivity index (χ1n) is 6.68. The standard InChI is InChI=1S/C15H23NO4/c1-15(16,14(17)18)8-3-4-9-20-13-7-5-6-12(10-13)11-19-2/h5-7,10H,3-4,8-9,11,16H2,1-2H3,(H,17,18). The lowest BCUT2D eigenvalue weighted by molar-refractivity contribution is -0.142. The normalized spacial score (nSPS) is 13.8. The van der Waals surface area contributed by atoms with Crippen LogP contribution in [0.1, 0.15) is 31.7 Å². The van der Waals surface area contributed by atoms with E-state index >= 15 is 0 Å². The second kappa shape index (κ2) is 7.87. The molecule has 5 nitrogen and oxygen atoms in total. The first kappa shape index (κ1) is 16.5. The third kappa shape index (κ3) is 5.59. The molecule has 0 spiro atoms. The van der Waals surface area contributed by atoms with Gasteiger partial charge >= 0.3 is 5.97 Å². The number of carboxylic acids is 1. The zero-order valence-electron chi connectivity index (χ0n) is 12.1. The number of ether oxygens (including phenoxy) is 2. The molecule has 20 heavy (non-hydrogen) atoms. The van der Waals surface area contributed by atoms with Gasteiger partial charge in [-0.1, -0.05) is 12.1 Å². The fourth-order valence-electron chi connectivity index (χ4n) is 1.78. The Morgan fingerprint density at radius 2 is 2.15 bits per heavy atom. The Balaban J connectivity index is 2.28. The van der Waals surface area contributed by atoms with Crippen LogP contribution in [0.3, 0.4) is 0 Å². The van der Waals surface area contributed by atoms with Gasteiger partial charge in [0.2, 0.25) is 0 Å². The average Bonchev–Trinajstić information content (AvgIpc) is 2.39. The molecule has 0 aliphatic heterocycles. The van der Waals surface area contributed by atoms with E-state index in [4.69, 9.17) is 20.3 Å². The van der Waals surface area contributed by atoms with Crippen LogP contribution in [0.2, 0.25) is 0 Å². The van der Waals surface area contributed by atoms with Crippen molar-refractivity contribution in [1.82, 2.24) is 0 Å². The molecule has 0 heterocycles. The SMILES string of the molecule is COCc1cccc(OCCCCC(C)(N)C(=O)O)c1. The summed E-state index contributed by atoms with van der Waals surface area (Å²) < 4.78 is 10.7. The third-order valence-corrected chi connectivity index (χ3v) is 3.06. The molecule has 3 N–H and O–H groups in total. The largest absolute Gasteiger partial charge is 0.494 e. The first-order chi connectivity index (χ1) is 9.45. The van der Waals surface area contributed by atoms with Gasteiger partial charge < -0.3 is 20.3 Å². The van der Waals surface area contributed by atoms with Gasteiger partial charge in [0.1, 0.15) is 11.3 Å². The van der Waals surface area contributed by atoms with Crippen molar-refractivity contribution in [1.29, 1.82) is 0 Å². The minimum Gasteiger partial charge on any atom is -0.494 e. The van der Waals surface area contributed by atoms with Crippen molar-refractivity contribution in [3.05, 3.63) is 29.8 Å². The number of carboxylic acid groups (broad SMARTS) is 1. The van der Waals surface area contributed by atoms with E-state index in [1.807, 2.05) is 24.3 Å². The summed E-state index contributed by atoms with van der Waals surface area (Å²) in [6, 6.07) is 7.73. The lowest BCUT2D eigenvalue weighted by Gasteiger charge is -2.18. The Hall–Kier alpha value is -1.59. The zero-order valence-corrected chi connectivity index (χ0v) is 12.1. The van der Waals surface area contributed by atoms with E-state index in [0.29, 0.717) is 19.6 Å². The monoisotopic (exact) mass is 281 g/mol. The maximum atomic E-state index is 10.8. The quantitative estimate of drug-likeness (QED) is 0.678. The van der Waals surface area contributed by atoms with Gasteiger partial charge in [0, 0.05) is 7.11 Å². The molecule has 1 atom stereocenters. The van der Waals surface area contributed by atoms with Crippen molar-refractivity contribution in [3.63, 3.8) is 0 Å². The van der Waals surface area contributed by atoms with Gasteiger partial charge in [0.25, 0.3) is 0 Å². The van der Waals surface area contributed by atoms with Gasteiger partial charge in [-0.05, 0) is 43.9 Å². The zero-order chi connectivity index (χ0) is 15.0. The predicted molar refractivity (Wildman–Crippen MR) is 76.7 cm³/mol. The van der Waals surface area contributed by atoms with Gasteiger partial charge in [0.15, 0.2) is 0 Å². The molecule has 0 radical (unpaired) electrons. The van der Waals surface area contributed by atoms with Crippen LogP contribution in [0.15, 0.2) is 24.3 Å². The Kier molecular flexibility index (Phi) is 6.48. The number of hydrogen-bond acceptors (Lipinski definition) is 4. The number of rotatable bonds is 9. The number of unbranched alkanes of at least 4 members (excludes halogenated alkanes) is 1. The van der Waals surface area contributed by atoms with Crippen molar-refractivity contribution in [3.8, 4) is 5.75 Å². The van der Waals surface area contributed by atoms with Crippen LogP contribution in [-0.4, -0.2) is 30.3 Å². The fourth-order valence-corrected chi connectivity index (χ4v) is 1.78. The van der Waals surface area contributed by atoms with Crippen molar-refractivity contribution < 1.29 is 19.4 Å². The Labute approximate surface area is 119 Å². The fraction of sp³-hybridized carbons (Fsp3) is 0.533. The summed E-state index contributed by atoms with van der Waals surface area (Å²) in [6.45, 7) is 2.64. The van der Waals surface area contributed by atoms with E-state index < -0.39 is 11.5 Å². The van der Waals surface area contributed by atoms with Gasteiger partial charge in [-0.25, -0.2) is 0 Å². The number of aliphatic carboxylic acids is 1. The summed E-state index contributed by atoms with van der Waals surface area (Å²) in [6.07, 6.45) is 1.93. The predicted octanol–water partition coefficient (Wildman–Crippen LogP) is 2.18. The van der Waals surface area contributed by atoms with Gasteiger partial charge in [-0.2, -0.15) is 0 Å². The van der Waals surface area contributed by atoms with Crippen molar-refractivity contribution in [2.75, 3.05) is 13.7 Å². The highest BCUT2D eigenvalue weighted by Crippen LogP contribution is 2.15. The molecule has 0 aliphatic carbocycles. The molecule has 1 unspecified atom stereocenters. The lowest BCUT2D eigenvalue weighted by Crippen LogP contribution is -2.44. The Morgan fingerprint density at radius 1 is 1.40 bits per heavy atom. The van der Waals surface area contributed by atoms with E-state index in [-0.39, 0.29) is 0 Å². The van der Waals surface area contributed by atoms with Gasteiger partial charge in [-0.15, -0.1) is 0 Å². The second-order valence-electron chi connectivity index (χ2n) is 5.11. The highest BCUT2D eigenvalue weighted by molar-refractivity contribution is 5.77. The Morgan fingerprint density at radius 3 is 2.80 bits per heavy atom. The van der Waals surface area contributed by atoms with Crippen LogP contribution < -0.4 is 10.5 Å². The summed E-state index contributed by atoms with van der Waals surface area (Å²) in [7, 11) is 1.65. The summed E-state index contributed by atoms with van der Waals surface area (Å²) in [4.78, 5) is 10.8. The minimum atomic E-state index is -1.15. The summed E-state index contributed by atoms with van der Waals surface area (Å²) in [5.41, 5.74) is 5.56. The summed E-state index contributed by atoms with van der Waals surface area (Å²) in [5, 5.41) is 8.89. The van der Waals surface area contributed by atoms with Crippen LogP contribution in [0.4, 0.5) is 0 Å². The average molecular weight is 281 g/mol. The molecular weight excluding hydrogens is 258 g/mol. The van der Waals surface area contributed by atoms with Crippen molar-refractivity contribution in [2.24, 2.45) is 5.73 Å². The highest BCUT2D eigenvalue weighted by Gasteiger charge is 2.26. The molecule has 0 bridgehead atoms. The highest BCUT2D eigenvalue weighted by atomic mass is 16.5. The molecule has 0 amide bonds. The van der Waals surface area contributed by atoms with E-state index in [9.17, 15) is 4.79 Å². The molecule has 0 saturated heterocycles. The Bertz CT molecular complexity index is 432. The molecule has 1 rings (SSSR count).